The van der Waals surface area contributed by atoms with Crippen LogP contribution in [0.15, 0.2) is 77.9 Å². The van der Waals surface area contributed by atoms with Gasteiger partial charge in [0.1, 0.15) is 17.3 Å². The molecule has 0 bridgehead atoms. The molecule has 0 fully saturated rings. The maximum Gasteiger partial charge on any atom is 0.276 e. The predicted molar refractivity (Wildman–Crippen MR) is 106 cm³/mol. The predicted octanol–water partition coefficient (Wildman–Crippen LogP) is 3.12. The Morgan fingerprint density at radius 3 is 2.55 bits per heavy atom. The number of nitrogens with one attached hydrogen (secondary N) is 1. The lowest BCUT2D eigenvalue weighted by molar-refractivity contribution is 0.102. The summed E-state index contributed by atoms with van der Waals surface area (Å²) in [5.41, 5.74) is 0.808. The van der Waals surface area contributed by atoms with Crippen molar-refractivity contribution in [3.05, 3.63) is 101 Å². The van der Waals surface area contributed by atoms with Crippen molar-refractivity contribution >= 4 is 11.6 Å². The van der Waals surface area contributed by atoms with Gasteiger partial charge < -0.3 is 9.88 Å². The van der Waals surface area contributed by atoms with Crippen molar-refractivity contribution in [3.63, 3.8) is 0 Å². The first-order valence-corrected chi connectivity index (χ1v) is 8.80. The quantitative estimate of drug-likeness (QED) is 0.581. The largest absolute Gasteiger partial charge is 0.320 e. The van der Waals surface area contributed by atoms with Crippen molar-refractivity contribution in [2.24, 2.45) is 0 Å². The van der Waals surface area contributed by atoms with Crippen LogP contribution >= 0.6 is 0 Å². The lowest BCUT2D eigenvalue weighted by Gasteiger charge is -2.10. The van der Waals surface area contributed by atoms with Gasteiger partial charge in [0.05, 0.1) is 11.4 Å². The van der Waals surface area contributed by atoms with E-state index in [1.54, 1.807) is 60.3 Å². The summed E-state index contributed by atoms with van der Waals surface area (Å²) in [6, 6.07) is 15.7. The van der Waals surface area contributed by atoms with Gasteiger partial charge in [-0.25, -0.2) is 9.37 Å². The van der Waals surface area contributed by atoms with Crippen LogP contribution < -0.4 is 10.9 Å². The zero-order valence-electron chi connectivity index (χ0n) is 15.4. The second kappa shape index (κ2) is 7.51. The van der Waals surface area contributed by atoms with Crippen molar-refractivity contribution in [2.45, 2.75) is 6.92 Å². The summed E-state index contributed by atoms with van der Waals surface area (Å²) < 4.78 is 17.3. The number of hydrogen-bond donors (Lipinski definition) is 1. The molecule has 1 N–H and O–H groups in total. The number of imidazole rings is 1. The fraction of sp³-hybridized carbons (Fsp3) is 0.0476. The fourth-order valence-electron chi connectivity index (χ4n) is 2.89. The number of para-hydroxylation sites is 1. The smallest absolute Gasteiger partial charge is 0.276 e. The number of amides is 1. The number of aryl methyl sites for hydroxylation is 1. The molecule has 0 unspecified atom stereocenters. The molecule has 8 heteroatoms. The minimum absolute atomic E-state index is 0.0309. The van der Waals surface area contributed by atoms with Gasteiger partial charge in [0.15, 0.2) is 0 Å². The highest BCUT2D eigenvalue weighted by atomic mass is 19.1. The average Bonchev–Trinajstić information content (AvgIpc) is 3.14. The summed E-state index contributed by atoms with van der Waals surface area (Å²) in [5.74, 6) is -0.417. The number of anilines is 1. The van der Waals surface area contributed by atoms with Gasteiger partial charge in [-0.1, -0.05) is 18.2 Å². The normalized spacial score (nSPS) is 10.7. The summed E-state index contributed by atoms with van der Waals surface area (Å²) in [5, 5.41) is 6.72. The van der Waals surface area contributed by atoms with Crippen LogP contribution in [0.3, 0.4) is 0 Å². The third-order valence-corrected chi connectivity index (χ3v) is 4.32. The van der Waals surface area contributed by atoms with Crippen LogP contribution in [-0.2, 0) is 0 Å². The molecular formula is C21H16FN5O2. The zero-order valence-corrected chi connectivity index (χ0v) is 15.4. The first-order chi connectivity index (χ1) is 14.0. The van der Waals surface area contributed by atoms with Crippen molar-refractivity contribution in [1.29, 1.82) is 0 Å². The summed E-state index contributed by atoms with van der Waals surface area (Å²) >= 11 is 0. The van der Waals surface area contributed by atoms with Gasteiger partial charge in [0, 0.05) is 24.1 Å². The molecule has 2 aromatic carbocycles. The average molecular weight is 389 g/mol. The molecule has 0 aliphatic carbocycles. The highest BCUT2D eigenvalue weighted by Crippen LogP contribution is 2.20. The number of carbonyl (C=O) groups is 1. The molecule has 1 amide bonds. The van der Waals surface area contributed by atoms with Gasteiger partial charge in [-0.15, -0.1) is 0 Å². The van der Waals surface area contributed by atoms with Crippen molar-refractivity contribution in [2.75, 3.05) is 5.32 Å². The Hall–Kier alpha value is -4.07. The fourth-order valence-corrected chi connectivity index (χ4v) is 2.89. The number of carbonyl (C=O) groups excluding carboxylic acids is 1. The van der Waals surface area contributed by atoms with Gasteiger partial charge in [0.2, 0.25) is 0 Å². The molecule has 29 heavy (non-hydrogen) atoms. The molecule has 0 aliphatic heterocycles. The summed E-state index contributed by atoms with van der Waals surface area (Å²) in [6.07, 6.45) is 3.24. The van der Waals surface area contributed by atoms with E-state index < -0.39 is 11.7 Å². The van der Waals surface area contributed by atoms with E-state index in [9.17, 15) is 14.0 Å². The number of hydrogen-bond acceptors (Lipinski definition) is 4. The van der Waals surface area contributed by atoms with E-state index in [1.807, 2.05) is 6.07 Å². The summed E-state index contributed by atoms with van der Waals surface area (Å²) in [4.78, 5) is 28.7. The lowest BCUT2D eigenvalue weighted by Crippen LogP contribution is -2.24. The molecule has 144 valence electrons. The van der Waals surface area contributed by atoms with Crippen LogP contribution in [0.4, 0.5) is 10.1 Å². The van der Waals surface area contributed by atoms with Crippen LogP contribution in [-0.4, -0.2) is 25.2 Å². The molecule has 2 heterocycles. The molecule has 0 saturated heterocycles. The highest BCUT2D eigenvalue weighted by Gasteiger charge is 2.13. The van der Waals surface area contributed by atoms with Crippen molar-refractivity contribution in [1.82, 2.24) is 19.3 Å². The first-order valence-electron chi connectivity index (χ1n) is 8.80. The first kappa shape index (κ1) is 18.3. The van der Waals surface area contributed by atoms with E-state index in [-0.39, 0.29) is 16.9 Å². The third kappa shape index (κ3) is 3.68. The summed E-state index contributed by atoms with van der Waals surface area (Å²) in [6.45, 7) is 1.77. The molecule has 0 saturated carbocycles. The molecule has 2 aromatic heterocycles. The number of aromatic nitrogens is 4. The van der Waals surface area contributed by atoms with Gasteiger partial charge in [-0.2, -0.15) is 9.78 Å². The third-order valence-electron chi connectivity index (χ3n) is 4.32. The molecule has 0 aliphatic rings. The van der Waals surface area contributed by atoms with Gasteiger partial charge in [-0.05, 0) is 43.3 Å². The standard InChI is InChI=1S/C21H16FN5O2/c1-14-23-11-12-26(14)19-9-7-15(13-17(19)22)24-21(29)18-8-10-20(28)27(25-18)16-5-3-2-4-6-16/h2-13H,1H3,(H,24,29). The molecule has 4 aromatic rings. The Morgan fingerprint density at radius 2 is 1.86 bits per heavy atom. The van der Waals surface area contributed by atoms with Crippen LogP contribution in [0.5, 0.6) is 0 Å². The van der Waals surface area contributed by atoms with Crippen molar-refractivity contribution in [3.8, 4) is 11.4 Å². The van der Waals surface area contributed by atoms with Crippen LogP contribution in [0.25, 0.3) is 11.4 Å². The second-order valence-corrected chi connectivity index (χ2v) is 6.27. The van der Waals surface area contributed by atoms with Crippen molar-refractivity contribution < 1.29 is 9.18 Å². The summed E-state index contributed by atoms with van der Waals surface area (Å²) in [7, 11) is 0. The Labute approximate surface area is 165 Å². The van der Waals surface area contributed by atoms with Crippen LogP contribution in [0.2, 0.25) is 0 Å². The monoisotopic (exact) mass is 389 g/mol. The number of rotatable bonds is 4. The molecular weight excluding hydrogens is 373 g/mol. The number of benzene rings is 2. The Morgan fingerprint density at radius 1 is 1.07 bits per heavy atom. The maximum absolute atomic E-state index is 14.5. The van der Waals surface area contributed by atoms with E-state index in [0.29, 0.717) is 17.2 Å². The Balaban J connectivity index is 1.60. The van der Waals surface area contributed by atoms with Crippen LogP contribution in [0, 0.1) is 12.7 Å². The van der Waals surface area contributed by atoms with E-state index >= 15 is 0 Å². The van der Waals surface area contributed by atoms with Crippen LogP contribution in [0.1, 0.15) is 16.3 Å². The Kier molecular flexibility index (Phi) is 4.74. The molecule has 0 atom stereocenters. The van der Waals surface area contributed by atoms with E-state index in [4.69, 9.17) is 0 Å². The van der Waals surface area contributed by atoms with Gasteiger partial charge >= 0.3 is 0 Å². The lowest BCUT2D eigenvalue weighted by atomic mass is 10.2. The minimum Gasteiger partial charge on any atom is -0.320 e. The highest BCUT2D eigenvalue weighted by molar-refractivity contribution is 6.02. The molecule has 7 nitrogen and oxygen atoms in total. The second-order valence-electron chi connectivity index (χ2n) is 6.27. The van der Waals surface area contributed by atoms with E-state index in [2.05, 4.69) is 15.4 Å². The molecule has 0 radical (unpaired) electrons. The van der Waals surface area contributed by atoms with Gasteiger partial charge in [-0.3, -0.25) is 9.59 Å². The molecule has 4 rings (SSSR count). The number of halogens is 1. The number of nitrogens with zero attached hydrogens (tertiary/aromatic N) is 4. The van der Waals surface area contributed by atoms with E-state index in [1.165, 1.54) is 18.2 Å². The Bertz CT molecular complexity index is 1250. The SMILES string of the molecule is Cc1nccn1-c1ccc(NC(=O)c2ccc(=O)n(-c3ccccc3)n2)cc1F. The zero-order chi connectivity index (χ0) is 20.4. The minimum atomic E-state index is -0.555. The topological polar surface area (TPSA) is 81.8 Å². The van der Waals surface area contributed by atoms with Gasteiger partial charge in [0.25, 0.3) is 11.5 Å². The molecule has 0 spiro atoms. The maximum atomic E-state index is 14.5. The van der Waals surface area contributed by atoms with E-state index in [0.717, 1.165) is 4.68 Å².